The largest absolute Gasteiger partial charge is 0.337 e. The minimum absolute atomic E-state index is 0.0683. The van der Waals surface area contributed by atoms with Gasteiger partial charge in [-0.2, -0.15) is 4.98 Å². The van der Waals surface area contributed by atoms with Crippen LogP contribution in [0.4, 0.5) is 0 Å². The lowest BCUT2D eigenvalue weighted by molar-refractivity contribution is 0.0667. The number of aromatic nitrogens is 2. The number of rotatable bonds is 5. The van der Waals surface area contributed by atoms with Crippen LogP contribution in [0.15, 0.2) is 47.0 Å². The monoisotopic (exact) mass is 403 g/mol. The molecular weight excluding hydrogens is 385 g/mol. The Hall–Kier alpha value is -2.37. The molecule has 0 saturated heterocycles. The first kappa shape index (κ1) is 19.4. The van der Waals surface area contributed by atoms with Crippen molar-refractivity contribution in [2.75, 3.05) is 0 Å². The molecule has 0 aliphatic heterocycles. The molecule has 27 heavy (non-hydrogen) atoms. The van der Waals surface area contributed by atoms with E-state index in [1.807, 2.05) is 45.0 Å². The van der Waals surface area contributed by atoms with Gasteiger partial charge in [0.25, 0.3) is 5.91 Å². The summed E-state index contributed by atoms with van der Waals surface area (Å²) in [5.41, 5.74) is 2.44. The van der Waals surface area contributed by atoms with E-state index in [2.05, 4.69) is 10.1 Å². The number of hydrogen-bond donors (Lipinski definition) is 0. The Kier molecular flexibility index (Phi) is 5.82. The van der Waals surface area contributed by atoms with Gasteiger partial charge < -0.3 is 9.42 Å². The summed E-state index contributed by atoms with van der Waals surface area (Å²) in [4.78, 5) is 19.0. The van der Waals surface area contributed by atoms with Gasteiger partial charge in [-0.05, 0) is 45.0 Å². The molecule has 0 atom stereocenters. The van der Waals surface area contributed by atoms with E-state index < -0.39 is 0 Å². The van der Waals surface area contributed by atoms with E-state index in [1.54, 1.807) is 23.1 Å². The summed E-state index contributed by atoms with van der Waals surface area (Å²) in [6.45, 7) is 6.05. The number of aryl methyl sites for hydroxylation is 1. The summed E-state index contributed by atoms with van der Waals surface area (Å²) in [6.07, 6.45) is 0. The quantitative estimate of drug-likeness (QED) is 0.571. The molecule has 5 nitrogen and oxygen atoms in total. The summed E-state index contributed by atoms with van der Waals surface area (Å²) in [5.74, 6) is 0.687. The second-order valence-corrected chi connectivity index (χ2v) is 7.35. The van der Waals surface area contributed by atoms with Crippen LogP contribution in [0.2, 0.25) is 10.0 Å². The Morgan fingerprint density at radius 2 is 1.93 bits per heavy atom. The molecule has 3 rings (SSSR count). The molecule has 1 amide bonds. The topological polar surface area (TPSA) is 59.2 Å². The lowest BCUT2D eigenvalue weighted by Gasteiger charge is -2.25. The second kappa shape index (κ2) is 8.11. The third kappa shape index (κ3) is 4.49. The molecule has 0 N–H and O–H groups in total. The van der Waals surface area contributed by atoms with E-state index in [0.29, 0.717) is 27.3 Å². The molecular formula is C20H19Cl2N3O2. The maximum Gasteiger partial charge on any atom is 0.254 e. The number of hydrogen-bond acceptors (Lipinski definition) is 4. The number of carbonyl (C=O) groups excluding carboxylic acids is 1. The molecule has 0 aliphatic carbocycles. The van der Waals surface area contributed by atoms with Gasteiger partial charge in [0.1, 0.15) is 6.54 Å². The van der Waals surface area contributed by atoms with Crippen molar-refractivity contribution in [3.8, 4) is 11.4 Å². The summed E-state index contributed by atoms with van der Waals surface area (Å²) in [7, 11) is 0. The molecule has 140 valence electrons. The molecule has 0 bridgehead atoms. The zero-order valence-electron chi connectivity index (χ0n) is 15.2. The van der Waals surface area contributed by atoms with Crippen LogP contribution in [0.1, 0.15) is 35.7 Å². The van der Waals surface area contributed by atoms with Crippen LogP contribution in [0.5, 0.6) is 0 Å². The molecule has 0 spiro atoms. The first-order valence-electron chi connectivity index (χ1n) is 8.51. The van der Waals surface area contributed by atoms with Crippen molar-refractivity contribution in [3.05, 3.63) is 69.5 Å². The minimum Gasteiger partial charge on any atom is -0.337 e. The van der Waals surface area contributed by atoms with Crippen molar-refractivity contribution in [2.24, 2.45) is 0 Å². The highest BCUT2D eigenvalue weighted by atomic mass is 35.5. The average Bonchev–Trinajstić information content (AvgIpc) is 3.10. The molecule has 2 aromatic carbocycles. The fourth-order valence-corrected chi connectivity index (χ4v) is 2.95. The Labute approximate surface area is 167 Å². The number of benzene rings is 2. The summed E-state index contributed by atoms with van der Waals surface area (Å²) in [5, 5.41) is 4.78. The van der Waals surface area contributed by atoms with Gasteiger partial charge in [-0.3, -0.25) is 4.79 Å². The smallest absolute Gasteiger partial charge is 0.254 e. The minimum atomic E-state index is -0.182. The van der Waals surface area contributed by atoms with E-state index in [4.69, 9.17) is 27.7 Å². The molecule has 0 fully saturated rings. The first-order valence-corrected chi connectivity index (χ1v) is 9.26. The normalized spacial score (nSPS) is 11.0. The van der Waals surface area contributed by atoms with E-state index in [0.717, 1.165) is 11.1 Å². The van der Waals surface area contributed by atoms with E-state index in [-0.39, 0.29) is 18.5 Å². The van der Waals surface area contributed by atoms with Gasteiger partial charge in [0.05, 0.1) is 10.0 Å². The Balaban J connectivity index is 1.82. The SMILES string of the molecule is Cc1cccc(-c2noc(CN(C(=O)c3ccc(Cl)c(Cl)c3)C(C)C)n2)c1. The molecule has 0 saturated carbocycles. The number of amides is 1. The first-order chi connectivity index (χ1) is 12.8. The van der Waals surface area contributed by atoms with E-state index in [1.165, 1.54) is 0 Å². The molecule has 7 heteroatoms. The van der Waals surface area contributed by atoms with Crippen molar-refractivity contribution in [1.82, 2.24) is 15.0 Å². The average molecular weight is 404 g/mol. The van der Waals surface area contributed by atoms with Crippen LogP contribution in [-0.4, -0.2) is 27.0 Å². The van der Waals surface area contributed by atoms with Gasteiger partial charge >= 0.3 is 0 Å². The lowest BCUT2D eigenvalue weighted by Crippen LogP contribution is -2.36. The van der Waals surface area contributed by atoms with Crippen LogP contribution in [0.3, 0.4) is 0 Å². The van der Waals surface area contributed by atoms with Gasteiger partial charge in [-0.15, -0.1) is 0 Å². The van der Waals surface area contributed by atoms with Crippen LogP contribution in [0, 0.1) is 6.92 Å². The fraction of sp³-hybridized carbons (Fsp3) is 0.250. The zero-order chi connectivity index (χ0) is 19.6. The standard InChI is InChI=1S/C20H19Cl2N3O2/c1-12(2)25(20(26)15-7-8-16(21)17(22)10-15)11-18-23-19(24-27-18)14-6-4-5-13(3)9-14/h4-10,12H,11H2,1-3H3. The summed E-state index contributed by atoms with van der Waals surface area (Å²) >= 11 is 12.0. The van der Waals surface area contributed by atoms with Crippen molar-refractivity contribution in [1.29, 1.82) is 0 Å². The van der Waals surface area contributed by atoms with Gasteiger partial charge in [0.2, 0.25) is 11.7 Å². The van der Waals surface area contributed by atoms with Gasteiger partial charge in [0, 0.05) is 17.2 Å². The molecule has 0 radical (unpaired) electrons. The Morgan fingerprint density at radius 3 is 2.59 bits per heavy atom. The van der Waals surface area contributed by atoms with Crippen molar-refractivity contribution >= 4 is 29.1 Å². The zero-order valence-corrected chi connectivity index (χ0v) is 16.8. The van der Waals surface area contributed by atoms with Gasteiger partial charge in [-0.25, -0.2) is 0 Å². The number of nitrogens with zero attached hydrogens (tertiary/aromatic N) is 3. The van der Waals surface area contributed by atoms with Crippen LogP contribution < -0.4 is 0 Å². The lowest BCUT2D eigenvalue weighted by atomic mass is 10.1. The van der Waals surface area contributed by atoms with Crippen molar-refractivity contribution in [3.63, 3.8) is 0 Å². The Morgan fingerprint density at radius 1 is 1.15 bits per heavy atom. The van der Waals surface area contributed by atoms with E-state index in [9.17, 15) is 4.79 Å². The molecule has 1 aromatic heterocycles. The maximum absolute atomic E-state index is 12.9. The summed E-state index contributed by atoms with van der Waals surface area (Å²) < 4.78 is 5.37. The van der Waals surface area contributed by atoms with Crippen molar-refractivity contribution < 1.29 is 9.32 Å². The van der Waals surface area contributed by atoms with Crippen LogP contribution in [-0.2, 0) is 6.54 Å². The van der Waals surface area contributed by atoms with Gasteiger partial charge in [0.15, 0.2) is 0 Å². The van der Waals surface area contributed by atoms with Crippen LogP contribution in [0.25, 0.3) is 11.4 Å². The number of carbonyl (C=O) groups is 1. The van der Waals surface area contributed by atoms with Crippen LogP contribution >= 0.6 is 23.2 Å². The third-order valence-electron chi connectivity index (χ3n) is 4.10. The molecule has 0 aliphatic rings. The van der Waals surface area contributed by atoms with Gasteiger partial charge in [-0.1, -0.05) is 52.1 Å². The Bertz CT molecular complexity index is 969. The predicted molar refractivity (Wildman–Crippen MR) is 106 cm³/mol. The maximum atomic E-state index is 12.9. The predicted octanol–water partition coefficient (Wildman–Crippen LogP) is 5.40. The summed E-state index contributed by atoms with van der Waals surface area (Å²) in [6, 6.07) is 12.6. The third-order valence-corrected chi connectivity index (χ3v) is 4.84. The molecule has 0 unspecified atom stereocenters. The highest BCUT2D eigenvalue weighted by Gasteiger charge is 2.22. The second-order valence-electron chi connectivity index (χ2n) is 6.54. The number of halogens is 2. The van der Waals surface area contributed by atoms with E-state index >= 15 is 0 Å². The highest BCUT2D eigenvalue weighted by Crippen LogP contribution is 2.24. The molecule has 3 aromatic rings. The molecule has 1 heterocycles. The highest BCUT2D eigenvalue weighted by molar-refractivity contribution is 6.42. The fourth-order valence-electron chi connectivity index (χ4n) is 2.65. The van der Waals surface area contributed by atoms with Crippen molar-refractivity contribution in [2.45, 2.75) is 33.4 Å².